The summed E-state index contributed by atoms with van der Waals surface area (Å²) in [6, 6.07) is 17.2. The number of ether oxygens (including phenoxy) is 2. The number of benzene rings is 3. The van der Waals surface area contributed by atoms with E-state index in [4.69, 9.17) is 9.47 Å². The molecule has 0 fully saturated rings. The molecule has 32 heavy (non-hydrogen) atoms. The lowest BCUT2D eigenvalue weighted by atomic mass is 10.0. The summed E-state index contributed by atoms with van der Waals surface area (Å²) < 4.78 is 26.3. The fourth-order valence-corrected chi connectivity index (χ4v) is 3.04. The van der Waals surface area contributed by atoms with Crippen LogP contribution in [0.3, 0.4) is 0 Å². The first kappa shape index (κ1) is 23.2. The molecule has 0 spiro atoms. The maximum absolute atomic E-state index is 14.7. The lowest BCUT2D eigenvalue weighted by Gasteiger charge is -2.21. The molecular formula is C28H29FO3. The number of rotatable bonds is 3. The zero-order valence-electron chi connectivity index (χ0n) is 19.4. The van der Waals surface area contributed by atoms with Gasteiger partial charge in [0.2, 0.25) is 0 Å². The molecule has 0 aliphatic carbocycles. The van der Waals surface area contributed by atoms with Crippen molar-refractivity contribution >= 4 is 0 Å². The van der Waals surface area contributed by atoms with Gasteiger partial charge in [0.05, 0.1) is 5.56 Å². The molecule has 0 aliphatic heterocycles. The molecule has 0 radical (unpaired) electrons. The summed E-state index contributed by atoms with van der Waals surface area (Å²) >= 11 is 0. The molecule has 4 heteroatoms. The zero-order valence-corrected chi connectivity index (χ0v) is 19.4. The number of halogens is 1. The van der Waals surface area contributed by atoms with Crippen molar-refractivity contribution < 1.29 is 19.0 Å². The zero-order chi connectivity index (χ0) is 23.5. The minimum absolute atomic E-state index is 0.0332. The van der Waals surface area contributed by atoms with Crippen molar-refractivity contribution in [2.75, 3.05) is 0 Å². The van der Waals surface area contributed by atoms with Crippen LogP contribution in [0.2, 0.25) is 0 Å². The van der Waals surface area contributed by atoms with Gasteiger partial charge < -0.3 is 14.6 Å². The minimum atomic E-state index is -0.493. The van der Waals surface area contributed by atoms with Gasteiger partial charge in [0, 0.05) is 11.1 Å². The third-order valence-electron chi connectivity index (χ3n) is 4.29. The van der Waals surface area contributed by atoms with E-state index in [1.165, 1.54) is 12.1 Å². The molecule has 0 saturated carbocycles. The van der Waals surface area contributed by atoms with Crippen molar-refractivity contribution in [3.8, 4) is 40.2 Å². The van der Waals surface area contributed by atoms with E-state index in [0.717, 1.165) is 11.3 Å². The van der Waals surface area contributed by atoms with Gasteiger partial charge in [-0.15, -0.1) is 0 Å². The van der Waals surface area contributed by atoms with Crippen molar-refractivity contribution in [1.29, 1.82) is 0 Å². The second-order valence-corrected chi connectivity index (χ2v) is 9.58. The van der Waals surface area contributed by atoms with Crippen LogP contribution in [0.1, 0.15) is 52.7 Å². The quantitative estimate of drug-likeness (QED) is 0.455. The van der Waals surface area contributed by atoms with Crippen LogP contribution in [0.15, 0.2) is 60.7 Å². The number of phenolic OH excluding ortho intramolecular Hbond substituents is 1. The molecule has 0 amide bonds. The standard InChI is InChI=1S/C28H29FO3/c1-27(2,3)31-22-13-8-19(9-14-22)7-10-21-17-26(30)24(18-25(21)29)20-11-15-23(16-12-20)32-28(4,5)6/h8-9,11-18,30H,1-6H3. The summed E-state index contributed by atoms with van der Waals surface area (Å²) in [5, 5.41) is 10.5. The van der Waals surface area contributed by atoms with Gasteiger partial charge in [-0.25, -0.2) is 4.39 Å². The Bertz CT molecular complexity index is 1140. The van der Waals surface area contributed by atoms with E-state index in [1.54, 1.807) is 24.3 Å². The van der Waals surface area contributed by atoms with Crippen molar-refractivity contribution in [2.45, 2.75) is 52.7 Å². The Morgan fingerprint density at radius 2 is 1.22 bits per heavy atom. The average Bonchev–Trinajstić information content (AvgIpc) is 2.68. The SMILES string of the molecule is CC(C)(C)Oc1ccc(C#Cc2cc(O)c(-c3ccc(OC(C)(C)C)cc3)cc2F)cc1. The summed E-state index contributed by atoms with van der Waals surface area (Å²) in [6.45, 7) is 11.8. The molecule has 0 bridgehead atoms. The van der Waals surface area contributed by atoms with Gasteiger partial charge in [-0.2, -0.15) is 0 Å². The molecule has 0 aliphatic rings. The Morgan fingerprint density at radius 1 is 0.719 bits per heavy atom. The Kier molecular flexibility index (Phi) is 6.50. The van der Waals surface area contributed by atoms with E-state index < -0.39 is 5.82 Å². The maximum atomic E-state index is 14.7. The lowest BCUT2D eigenvalue weighted by Crippen LogP contribution is -2.22. The molecule has 0 aromatic heterocycles. The highest BCUT2D eigenvalue weighted by molar-refractivity contribution is 5.72. The van der Waals surface area contributed by atoms with Crippen LogP contribution in [0.5, 0.6) is 17.2 Å². The van der Waals surface area contributed by atoms with Gasteiger partial charge >= 0.3 is 0 Å². The van der Waals surface area contributed by atoms with Crippen LogP contribution < -0.4 is 9.47 Å². The second-order valence-electron chi connectivity index (χ2n) is 9.58. The summed E-state index contributed by atoms with van der Waals surface area (Å²) in [5.74, 6) is 6.67. The first-order valence-electron chi connectivity index (χ1n) is 10.5. The van der Waals surface area contributed by atoms with Crippen molar-refractivity contribution in [1.82, 2.24) is 0 Å². The average molecular weight is 433 g/mol. The van der Waals surface area contributed by atoms with Crippen LogP contribution in [0.25, 0.3) is 11.1 Å². The third kappa shape index (κ3) is 6.52. The van der Waals surface area contributed by atoms with Crippen LogP contribution in [-0.2, 0) is 0 Å². The van der Waals surface area contributed by atoms with E-state index >= 15 is 0 Å². The van der Waals surface area contributed by atoms with Gasteiger partial charge in [0.1, 0.15) is 34.3 Å². The smallest absolute Gasteiger partial charge is 0.139 e. The molecule has 3 rings (SSSR count). The summed E-state index contributed by atoms with van der Waals surface area (Å²) in [4.78, 5) is 0. The van der Waals surface area contributed by atoms with Gasteiger partial charge in [0.15, 0.2) is 0 Å². The van der Waals surface area contributed by atoms with Crippen LogP contribution >= 0.6 is 0 Å². The van der Waals surface area contributed by atoms with E-state index in [2.05, 4.69) is 11.8 Å². The molecule has 3 nitrogen and oxygen atoms in total. The summed E-state index contributed by atoms with van der Waals surface area (Å²) in [7, 11) is 0. The molecule has 0 unspecified atom stereocenters. The van der Waals surface area contributed by atoms with Crippen LogP contribution in [-0.4, -0.2) is 16.3 Å². The van der Waals surface area contributed by atoms with Crippen molar-refractivity contribution in [3.05, 3.63) is 77.6 Å². The number of phenols is 1. The fraction of sp³-hybridized carbons (Fsp3) is 0.286. The van der Waals surface area contributed by atoms with Gasteiger partial charge in [0.25, 0.3) is 0 Å². The number of aromatic hydroxyl groups is 1. The van der Waals surface area contributed by atoms with Crippen molar-refractivity contribution in [2.24, 2.45) is 0 Å². The topological polar surface area (TPSA) is 38.7 Å². The highest BCUT2D eigenvalue weighted by Gasteiger charge is 2.14. The van der Waals surface area contributed by atoms with E-state index in [0.29, 0.717) is 16.9 Å². The molecule has 1 N–H and O–H groups in total. The molecule has 166 valence electrons. The first-order chi connectivity index (χ1) is 14.9. The number of hydrogen-bond donors (Lipinski definition) is 1. The van der Waals surface area contributed by atoms with Gasteiger partial charge in [-0.1, -0.05) is 24.0 Å². The predicted octanol–water partition coefficient (Wildman–Crippen LogP) is 6.95. The monoisotopic (exact) mass is 432 g/mol. The lowest BCUT2D eigenvalue weighted by molar-refractivity contribution is 0.130. The first-order valence-corrected chi connectivity index (χ1v) is 10.5. The van der Waals surface area contributed by atoms with E-state index in [9.17, 15) is 9.50 Å². The largest absolute Gasteiger partial charge is 0.507 e. The van der Waals surface area contributed by atoms with Crippen LogP contribution in [0.4, 0.5) is 4.39 Å². The highest BCUT2D eigenvalue weighted by atomic mass is 19.1. The highest BCUT2D eigenvalue weighted by Crippen LogP contribution is 2.33. The minimum Gasteiger partial charge on any atom is -0.507 e. The summed E-state index contributed by atoms with van der Waals surface area (Å²) in [6.07, 6.45) is 0. The number of hydrogen-bond acceptors (Lipinski definition) is 3. The molecule has 0 atom stereocenters. The van der Waals surface area contributed by atoms with Gasteiger partial charge in [-0.05, 0) is 95.6 Å². The molecule has 0 saturated heterocycles. The van der Waals surface area contributed by atoms with Crippen LogP contribution in [0, 0.1) is 17.7 Å². The Morgan fingerprint density at radius 3 is 1.72 bits per heavy atom. The molecule has 0 heterocycles. The Balaban J connectivity index is 1.80. The fourth-order valence-electron chi connectivity index (χ4n) is 3.04. The maximum Gasteiger partial charge on any atom is 0.139 e. The van der Waals surface area contributed by atoms with E-state index in [-0.39, 0.29) is 22.5 Å². The van der Waals surface area contributed by atoms with E-state index in [1.807, 2.05) is 65.8 Å². The molecule has 3 aromatic carbocycles. The molecular weight excluding hydrogens is 403 g/mol. The summed E-state index contributed by atoms with van der Waals surface area (Å²) in [5.41, 5.74) is 1.36. The second kappa shape index (κ2) is 8.96. The molecule has 3 aromatic rings. The van der Waals surface area contributed by atoms with Crippen molar-refractivity contribution in [3.63, 3.8) is 0 Å². The normalized spacial score (nSPS) is 11.5. The third-order valence-corrected chi connectivity index (χ3v) is 4.29. The Labute approximate surface area is 189 Å². The predicted molar refractivity (Wildman–Crippen MR) is 127 cm³/mol. The Hall–Kier alpha value is -3.45. The van der Waals surface area contributed by atoms with Gasteiger partial charge in [-0.3, -0.25) is 0 Å².